The highest BCUT2D eigenvalue weighted by molar-refractivity contribution is 6.02. The molecule has 0 heterocycles. The van der Waals surface area contributed by atoms with E-state index in [9.17, 15) is 35.4 Å². The van der Waals surface area contributed by atoms with Crippen molar-refractivity contribution in [2.24, 2.45) is 22.7 Å². The van der Waals surface area contributed by atoms with E-state index in [4.69, 9.17) is 0 Å². The number of rotatable bonds is 5. The lowest BCUT2D eigenvalue weighted by Crippen LogP contribution is -2.66. The van der Waals surface area contributed by atoms with Crippen molar-refractivity contribution in [1.29, 1.82) is 0 Å². The van der Waals surface area contributed by atoms with E-state index in [0.717, 1.165) is 6.42 Å². The van der Waals surface area contributed by atoms with Crippen molar-refractivity contribution >= 4 is 5.78 Å². The zero-order valence-electron chi connectivity index (χ0n) is 21.1. The molecule has 0 amide bonds. The fraction of sp³-hybridized carbons (Fsp3) is 0.815. The van der Waals surface area contributed by atoms with Gasteiger partial charge in [-0.15, -0.1) is 0 Å². The Labute approximate surface area is 202 Å². The zero-order chi connectivity index (χ0) is 25.5. The summed E-state index contributed by atoms with van der Waals surface area (Å²) in [5.74, 6) is -0.588. The second-order valence-corrected chi connectivity index (χ2v) is 12.6. The Morgan fingerprint density at radius 3 is 2.29 bits per heavy atom. The number of fused-ring (bicyclic) bond motifs is 5. The third kappa shape index (κ3) is 3.27. The first-order chi connectivity index (χ1) is 15.5. The van der Waals surface area contributed by atoms with Gasteiger partial charge < -0.3 is 30.6 Å². The van der Waals surface area contributed by atoms with Gasteiger partial charge in [-0.3, -0.25) is 4.79 Å². The molecule has 192 valence electrons. The minimum Gasteiger partial charge on any atom is -0.390 e. The maximum absolute atomic E-state index is 13.3. The summed E-state index contributed by atoms with van der Waals surface area (Å²) in [6.45, 7) is 9.43. The lowest BCUT2D eigenvalue weighted by Gasteiger charge is -2.59. The first-order valence-electron chi connectivity index (χ1n) is 12.7. The average molecular weight is 479 g/mol. The number of carbonyl (C=O) groups is 1. The van der Waals surface area contributed by atoms with Gasteiger partial charge >= 0.3 is 0 Å². The molecule has 4 rings (SSSR count). The van der Waals surface area contributed by atoms with Crippen LogP contribution in [0.15, 0.2) is 23.3 Å². The molecule has 6 N–H and O–H groups in total. The van der Waals surface area contributed by atoms with Gasteiger partial charge in [0.15, 0.2) is 5.78 Å². The molecule has 0 unspecified atom stereocenters. The predicted octanol–water partition coefficient (Wildman–Crippen LogP) is 1.77. The molecule has 7 heteroatoms. The fourth-order valence-electron chi connectivity index (χ4n) is 7.66. The van der Waals surface area contributed by atoms with E-state index in [-0.39, 0.29) is 12.8 Å². The maximum Gasteiger partial charge on any atom is 0.188 e. The quantitative estimate of drug-likeness (QED) is 0.354. The lowest BCUT2D eigenvalue weighted by atomic mass is 9.48. The Kier molecular flexibility index (Phi) is 6.08. The van der Waals surface area contributed by atoms with Crippen LogP contribution >= 0.6 is 0 Å². The van der Waals surface area contributed by atoms with Crippen LogP contribution in [0.5, 0.6) is 0 Å². The number of hydrogen-bond acceptors (Lipinski definition) is 7. The molecule has 2 fully saturated rings. The minimum atomic E-state index is -1.86. The minimum absolute atomic E-state index is 0.00142. The summed E-state index contributed by atoms with van der Waals surface area (Å²) in [5, 5.41) is 66.7. The summed E-state index contributed by atoms with van der Waals surface area (Å²) in [4.78, 5) is 13.3. The molecule has 0 aromatic heterocycles. The molecule has 7 nitrogen and oxygen atoms in total. The van der Waals surface area contributed by atoms with Gasteiger partial charge in [0.05, 0.1) is 29.5 Å². The van der Waals surface area contributed by atoms with E-state index in [1.165, 1.54) is 6.08 Å². The molecule has 0 aromatic rings. The maximum atomic E-state index is 13.3. The summed E-state index contributed by atoms with van der Waals surface area (Å²) in [7, 11) is 0. The van der Waals surface area contributed by atoms with Gasteiger partial charge in [-0.1, -0.05) is 33.8 Å². The molecular weight excluding hydrogens is 436 g/mol. The van der Waals surface area contributed by atoms with Crippen LogP contribution in [-0.2, 0) is 4.79 Å². The van der Waals surface area contributed by atoms with E-state index in [1.807, 2.05) is 13.0 Å². The van der Waals surface area contributed by atoms with Crippen LogP contribution in [0.25, 0.3) is 0 Å². The molecule has 2 saturated carbocycles. The Morgan fingerprint density at radius 2 is 1.68 bits per heavy atom. The standard InChI is InChI=1S/C27H42O7/c1-15(2)6-7-21(30)25(5,32)20-9-11-26(33)17-12-22(31)27(34)14-19(29)18(28)13-24(27,4)16(17)8-10-23(20,26)3/h8,12,15,18-21,28-30,32-34H,6-7,9-11,13-14H2,1-5H3/t18-,19+,20-,21+,23+,24+,25+,26+,27+/m0/s1. The van der Waals surface area contributed by atoms with Crippen LogP contribution in [0.1, 0.15) is 79.6 Å². The van der Waals surface area contributed by atoms with Crippen LogP contribution in [0.3, 0.4) is 0 Å². The molecule has 0 radical (unpaired) electrons. The van der Waals surface area contributed by atoms with Gasteiger partial charge in [-0.25, -0.2) is 0 Å². The molecule has 0 spiro atoms. The number of ketones is 1. The lowest BCUT2D eigenvalue weighted by molar-refractivity contribution is -0.180. The van der Waals surface area contributed by atoms with Crippen molar-refractivity contribution in [1.82, 2.24) is 0 Å². The van der Waals surface area contributed by atoms with Crippen LogP contribution in [0.2, 0.25) is 0 Å². The van der Waals surface area contributed by atoms with E-state index in [1.54, 1.807) is 13.8 Å². The van der Waals surface area contributed by atoms with Crippen LogP contribution in [0, 0.1) is 22.7 Å². The first-order valence-corrected chi connectivity index (χ1v) is 12.7. The molecule has 0 aliphatic heterocycles. The van der Waals surface area contributed by atoms with Crippen LogP contribution < -0.4 is 0 Å². The van der Waals surface area contributed by atoms with Gasteiger partial charge in [-0.05, 0) is 74.5 Å². The summed E-state index contributed by atoms with van der Waals surface area (Å²) < 4.78 is 0. The average Bonchev–Trinajstić information content (AvgIpc) is 3.02. The molecule has 0 bridgehead atoms. The summed E-state index contributed by atoms with van der Waals surface area (Å²) in [5.41, 5.74) is -5.61. The normalized spacial score (nSPS) is 46.7. The van der Waals surface area contributed by atoms with Crippen molar-refractivity contribution in [2.75, 3.05) is 0 Å². The van der Waals surface area contributed by atoms with Gasteiger partial charge in [0.25, 0.3) is 0 Å². The van der Waals surface area contributed by atoms with E-state index in [0.29, 0.717) is 42.7 Å². The Morgan fingerprint density at radius 1 is 1.06 bits per heavy atom. The van der Waals surface area contributed by atoms with Crippen molar-refractivity contribution in [2.45, 2.75) is 115 Å². The number of carbonyl (C=O) groups excluding carboxylic acids is 1. The van der Waals surface area contributed by atoms with Crippen molar-refractivity contribution < 1.29 is 35.4 Å². The predicted molar refractivity (Wildman–Crippen MR) is 127 cm³/mol. The molecule has 0 aromatic carbocycles. The summed E-state index contributed by atoms with van der Waals surface area (Å²) >= 11 is 0. The highest BCUT2D eigenvalue weighted by Crippen LogP contribution is 2.67. The van der Waals surface area contributed by atoms with E-state index < -0.39 is 57.6 Å². The third-order valence-electron chi connectivity index (χ3n) is 10.1. The number of aliphatic hydroxyl groups excluding tert-OH is 3. The van der Waals surface area contributed by atoms with Crippen molar-refractivity contribution in [3.63, 3.8) is 0 Å². The Hall–Kier alpha value is -1.09. The summed E-state index contributed by atoms with van der Waals surface area (Å²) in [6, 6.07) is 0. The number of hydrogen-bond donors (Lipinski definition) is 6. The van der Waals surface area contributed by atoms with Gasteiger partial charge in [0, 0.05) is 17.3 Å². The monoisotopic (exact) mass is 478 g/mol. The Balaban J connectivity index is 1.75. The summed E-state index contributed by atoms with van der Waals surface area (Å²) in [6.07, 6.45) is 2.19. The van der Waals surface area contributed by atoms with Gasteiger partial charge in [-0.2, -0.15) is 0 Å². The molecule has 0 saturated heterocycles. The van der Waals surface area contributed by atoms with Crippen LogP contribution in [0.4, 0.5) is 0 Å². The molecular formula is C27H42O7. The topological polar surface area (TPSA) is 138 Å². The second kappa shape index (κ2) is 7.95. The molecule has 34 heavy (non-hydrogen) atoms. The van der Waals surface area contributed by atoms with Gasteiger partial charge in [0.1, 0.15) is 5.60 Å². The van der Waals surface area contributed by atoms with Crippen molar-refractivity contribution in [3.05, 3.63) is 23.3 Å². The highest BCUT2D eigenvalue weighted by Gasteiger charge is 2.69. The highest BCUT2D eigenvalue weighted by atomic mass is 16.3. The van der Waals surface area contributed by atoms with Crippen molar-refractivity contribution in [3.8, 4) is 0 Å². The number of aliphatic hydroxyl groups is 6. The molecule has 9 atom stereocenters. The molecule has 4 aliphatic rings. The van der Waals surface area contributed by atoms with E-state index in [2.05, 4.69) is 13.8 Å². The first kappa shape index (κ1) is 26.0. The largest absolute Gasteiger partial charge is 0.390 e. The number of allylic oxidation sites excluding steroid dienone is 1. The van der Waals surface area contributed by atoms with Gasteiger partial charge in [0.2, 0.25) is 0 Å². The Bertz CT molecular complexity index is 922. The smallest absolute Gasteiger partial charge is 0.188 e. The van der Waals surface area contributed by atoms with Crippen LogP contribution in [-0.4, -0.2) is 71.5 Å². The molecule has 4 aliphatic carbocycles. The second-order valence-electron chi connectivity index (χ2n) is 12.6. The fourth-order valence-corrected chi connectivity index (χ4v) is 7.66. The zero-order valence-corrected chi connectivity index (χ0v) is 21.1. The SMILES string of the molecule is CC(C)CC[C@@H](O)[C@](C)(O)[C@H]1CC[C@@]2(O)C3=CC(=O)[C@]4(O)C[C@@H](O)[C@@H](O)C[C@]4(C)C3=CC[C@]12C. The third-order valence-corrected chi connectivity index (χ3v) is 10.1. The van der Waals surface area contributed by atoms with E-state index >= 15 is 0 Å².